The number of benzene rings is 2. The lowest BCUT2D eigenvalue weighted by Gasteiger charge is -2.45. The molecule has 2 fully saturated rings. The van der Waals surface area contributed by atoms with E-state index in [1.165, 1.54) is 17.8 Å². The van der Waals surface area contributed by atoms with Gasteiger partial charge >= 0.3 is 6.03 Å². The molecule has 0 radical (unpaired) electrons. The molecule has 2 saturated heterocycles. The summed E-state index contributed by atoms with van der Waals surface area (Å²) in [5, 5.41) is 1.40. The van der Waals surface area contributed by atoms with Crippen molar-refractivity contribution < 1.29 is 14.3 Å². The van der Waals surface area contributed by atoms with Gasteiger partial charge in [0.2, 0.25) is 5.91 Å². The Morgan fingerprint density at radius 2 is 0.889 bits per heavy atom. The first-order valence-electron chi connectivity index (χ1n) is 18.6. The van der Waals surface area contributed by atoms with Crippen molar-refractivity contribution in [1.82, 2.24) is 14.7 Å². The van der Waals surface area contributed by atoms with Crippen LogP contribution in [0.1, 0.15) is 42.9 Å². The lowest BCUT2D eigenvalue weighted by Crippen LogP contribution is -2.56. The quantitative estimate of drug-likeness (QED) is 0.413. The molecule has 4 rings (SSSR count). The fourth-order valence-electron chi connectivity index (χ4n) is 5.92. The van der Waals surface area contributed by atoms with E-state index in [1.807, 2.05) is 193 Å². The summed E-state index contributed by atoms with van der Waals surface area (Å²) in [6, 6.07) is 15.7. The highest BCUT2D eigenvalue weighted by Gasteiger charge is 2.35. The number of hydrogen-bond acceptors (Lipinski definition) is 6. The molecule has 2 aliphatic rings. The summed E-state index contributed by atoms with van der Waals surface area (Å²) in [6.07, 6.45) is 2.90. The standard InChI is InChI=1S/C28H36Cl2N4O3.S35/c1-37-17-12-25-19-33(15-16-34(25)26(35)18-20-10-13-32(14-11-20)28(31)36)27(21-2-6-23(29)7-3-21)22-4-8-24(30)9-5-22;1-3-5-7-9-11-13-15-17-19-21-23-25-27-29-31-33-35-34-32-30-28-26-24-22-20-18-16-14-12-10-8-6-4-2/h2-9,20,25,27H,10-19H2,1H3,(H2,31,36);/t25-;/m0./s1. The number of rotatable bonds is 8. The number of nitrogens with two attached hydrogens (primary N) is 1. The Hall–Kier alpha value is 5.38. The number of piperidine rings is 1. The molecule has 0 saturated carbocycles. The van der Waals surface area contributed by atoms with Gasteiger partial charge in [0.25, 0.3) is 0 Å². The number of primary amides is 1. The SMILES string of the molecule is COCC[C@H]1CN(C(c2ccc(Cl)cc2)c2ccc(Cl)cc2)CCN1C(=O)CC1CCN(C(N)=O)CC1.S=S=S=S=S=S=S=S=S=S=S=S=S=S=S=S=S=S=S=S=S=S=S=S=S=S=S=S=S=S=S=S=S=S=S. The topological polar surface area (TPSA) is 79.1 Å². The number of hydrogen-bond donors (Lipinski definition) is 1. The third-order valence-electron chi connectivity index (χ3n) is 8.50. The molecule has 0 spiro atoms. The highest BCUT2D eigenvalue weighted by atomic mass is 35.5. The molecule has 3 amide bonds. The molecule has 0 aromatic heterocycles. The van der Waals surface area contributed by atoms with Gasteiger partial charge < -0.3 is 20.3 Å². The van der Waals surface area contributed by atoms with E-state index in [-0.39, 0.29) is 29.9 Å². The minimum Gasteiger partial charge on any atom is -0.385 e. The van der Waals surface area contributed by atoms with Crippen molar-refractivity contribution >= 4 is 351 Å². The minimum absolute atomic E-state index is 0.0231. The third kappa shape index (κ3) is 35.5. The van der Waals surface area contributed by atoms with Gasteiger partial charge in [-0.05, 0) is 60.6 Å². The van der Waals surface area contributed by atoms with Gasteiger partial charge in [-0.15, -0.1) is 0 Å². The smallest absolute Gasteiger partial charge is 0.314 e. The van der Waals surface area contributed by atoms with Crippen LogP contribution in [-0.2, 0) is 325 Å². The Morgan fingerprint density at radius 3 is 1.19 bits per heavy atom. The van der Waals surface area contributed by atoms with Gasteiger partial charge in [0, 0.05) is 384 Å². The number of piperazine rings is 1. The Labute approximate surface area is 534 Å². The molecule has 72 heavy (non-hydrogen) atoms. The Bertz CT molecular complexity index is 3550. The maximum Gasteiger partial charge on any atom is 0.314 e. The number of methoxy groups -OCH3 is 1. The zero-order chi connectivity index (χ0) is 51.7. The van der Waals surface area contributed by atoms with Gasteiger partial charge in [0.15, 0.2) is 0 Å². The number of halogens is 2. The van der Waals surface area contributed by atoms with Gasteiger partial charge in [-0.25, -0.2) is 4.79 Å². The fourth-order valence-corrected chi connectivity index (χ4v) is 91.2. The molecule has 7 nitrogen and oxygen atoms in total. The lowest BCUT2D eigenvalue weighted by molar-refractivity contribution is -0.138. The maximum atomic E-state index is 13.5. The average Bonchev–Trinajstić information content (AvgIpc) is 3.39. The minimum atomic E-state index is -0.378. The van der Waals surface area contributed by atoms with Gasteiger partial charge in [-0.1, -0.05) is 47.5 Å². The molecule has 2 aliphatic heterocycles. The second kappa shape index (κ2) is 49.8. The number of carbonyl (C=O) groups is 2. The van der Waals surface area contributed by atoms with E-state index in [0.29, 0.717) is 42.7 Å². The number of likely N-dealkylation sites (tertiary alicyclic amines) is 1. The van der Waals surface area contributed by atoms with E-state index in [2.05, 4.69) is 34.1 Å². The summed E-state index contributed by atoms with van der Waals surface area (Å²) in [5.41, 5.74) is 7.72. The lowest BCUT2D eigenvalue weighted by atomic mass is 9.92. The van der Waals surface area contributed by atoms with Crippen LogP contribution in [0.25, 0.3) is 0 Å². The molecule has 44 heteroatoms. The van der Waals surface area contributed by atoms with Crippen LogP contribution in [0.15, 0.2) is 48.5 Å². The molecule has 410 valence electrons. The normalized spacial score (nSPS) is 13.7. The van der Waals surface area contributed by atoms with E-state index in [9.17, 15) is 9.59 Å². The van der Waals surface area contributed by atoms with Crippen LogP contribution in [0.5, 0.6) is 0 Å². The predicted molar refractivity (Wildman–Crippen MR) is 405 cm³/mol. The van der Waals surface area contributed by atoms with Crippen LogP contribution in [0.3, 0.4) is 0 Å². The molecule has 0 bridgehead atoms. The molecule has 2 aromatic rings. The zero-order valence-electron chi connectivity index (χ0n) is 35.6. The van der Waals surface area contributed by atoms with Crippen LogP contribution in [-0.4, -0.2) is 79.1 Å². The summed E-state index contributed by atoms with van der Waals surface area (Å²) in [7, 11) is 59.9. The zero-order valence-corrected chi connectivity index (χ0v) is 65.7. The van der Waals surface area contributed by atoms with Gasteiger partial charge in [-0.3, -0.25) is 9.69 Å². The largest absolute Gasteiger partial charge is 0.385 e. The van der Waals surface area contributed by atoms with Crippen LogP contribution in [0.2, 0.25) is 10.0 Å². The monoisotopic (exact) mass is 1670 g/mol. The number of amides is 3. The summed E-state index contributed by atoms with van der Waals surface area (Å²) < 4.78 is 5.41. The number of urea groups is 1. The van der Waals surface area contributed by atoms with E-state index < -0.39 is 0 Å². The molecule has 0 unspecified atom stereocenters. The molecule has 1 atom stereocenters. The van der Waals surface area contributed by atoms with E-state index >= 15 is 0 Å². The van der Waals surface area contributed by atoms with Crippen molar-refractivity contribution in [2.24, 2.45) is 11.7 Å². The summed E-state index contributed by atoms with van der Waals surface area (Å²) in [6.45, 7) is 3.99. The Morgan fingerprint density at radius 1 is 0.556 bits per heavy atom. The highest BCUT2D eigenvalue weighted by molar-refractivity contribution is 8.80. The van der Waals surface area contributed by atoms with Gasteiger partial charge in [0.1, 0.15) is 0 Å². The van der Waals surface area contributed by atoms with Crippen molar-refractivity contribution in [2.75, 3.05) is 46.4 Å². The summed E-state index contributed by atoms with van der Waals surface area (Å²) in [4.78, 5) is 31.1. The third-order valence-corrected chi connectivity index (χ3v) is 80.1. The number of nitrogens with zero attached hydrogens (tertiary/aromatic N) is 3. The summed E-state index contributed by atoms with van der Waals surface area (Å²) >= 11 is 22.0. The maximum absolute atomic E-state index is 13.5. The average molecular weight is 1670 g/mol. The van der Waals surface area contributed by atoms with Crippen LogP contribution in [0, 0.1) is 5.92 Å². The van der Waals surface area contributed by atoms with Crippen LogP contribution >= 0.6 is 23.2 Å². The van der Waals surface area contributed by atoms with Crippen LogP contribution < -0.4 is 5.73 Å². The number of ether oxygens (including phenoxy) is 1. The molecular weight excluding hydrogens is 1630 g/mol. The molecule has 0 aliphatic carbocycles. The first-order valence-corrected chi connectivity index (χ1v) is 64.7. The van der Waals surface area contributed by atoms with Gasteiger partial charge in [0.05, 0.1) is 6.04 Å². The van der Waals surface area contributed by atoms with E-state index in [0.717, 1.165) is 43.5 Å². The molecule has 2 aromatic carbocycles. The van der Waals surface area contributed by atoms with Crippen molar-refractivity contribution in [3.05, 3.63) is 69.7 Å². The van der Waals surface area contributed by atoms with Crippen LogP contribution in [0.4, 0.5) is 4.79 Å². The van der Waals surface area contributed by atoms with Crippen molar-refractivity contribution in [1.29, 1.82) is 0 Å². The second-order valence-electron chi connectivity index (χ2n) is 12.2. The molecule has 2 heterocycles. The second-order valence-corrected chi connectivity index (χ2v) is 71.5. The molecular formula is C28H36Cl2N4O3S35. The van der Waals surface area contributed by atoms with Gasteiger partial charge in [-0.2, -0.15) is 0 Å². The van der Waals surface area contributed by atoms with E-state index in [1.54, 1.807) is 119 Å². The highest BCUT2D eigenvalue weighted by Crippen LogP contribution is 2.33. The predicted octanol–water partition coefficient (Wildman–Crippen LogP) is 4.73. The Balaban J connectivity index is 0.000000381. The van der Waals surface area contributed by atoms with E-state index in [4.69, 9.17) is 56.0 Å². The van der Waals surface area contributed by atoms with Crippen molar-refractivity contribution in [3.63, 3.8) is 0 Å². The number of carbonyl (C=O) groups excluding carboxylic acids is 2. The fraction of sp³-hybridized carbons (Fsp3) is 0.500. The first-order chi connectivity index (χ1) is 35.3. The summed E-state index contributed by atoms with van der Waals surface area (Å²) in [5.74, 6) is 0.466. The molecule has 2 N–H and O–H groups in total. The van der Waals surface area contributed by atoms with Crippen molar-refractivity contribution in [3.8, 4) is 0 Å². The first kappa shape index (κ1) is 71.6. The Kier molecular flexibility index (Phi) is 49.5. The van der Waals surface area contributed by atoms with Crippen molar-refractivity contribution in [2.45, 2.75) is 37.8 Å².